The lowest BCUT2D eigenvalue weighted by Gasteiger charge is -2.17. The van der Waals surface area contributed by atoms with Gasteiger partial charge in [0, 0.05) is 25.5 Å². The molecule has 0 atom stereocenters. The van der Waals surface area contributed by atoms with Crippen molar-refractivity contribution in [3.05, 3.63) is 66.0 Å². The molecule has 0 bridgehead atoms. The number of amides is 1. The van der Waals surface area contributed by atoms with Gasteiger partial charge in [0.2, 0.25) is 6.41 Å². The quantitative estimate of drug-likeness (QED) is 0.312. The summed E-state index contributed by atoms with van der Waals surface area (Å²) in [5.74, 6) is 0.884. The van der Waals surface area contributed by atoms with E-state index in [-0.39, 0.29) is 0 Å². The Hall–Kier alpha value is -2.62. The van der Waals surface area contributed by atoms with E-state index in [9.17, 15) is 4.79 Å². The van der Waals surface area contributed by atoms with Crippen LogP contribution >= 0.6 is 0 Å². The van der Waals surface area contributed by atoms with E-state index in [4.69, 9.17) is 4.74 Å². The van der Waals surface area contributed by atoms with Crippen LogP contribution in [0.2, 0.25) is 0 Å². The molecule has 0 radical (unpaired) electrons. The van der Waals surface area contributed by atoms with E-state index in [0.29, 0.717) is 0 Å². The molecule has 1 amide bonds. The Morgan fingerprint density at radius 3 is 2.55 bits per heavy atom. The van der Waals surface area contributed by atoms with Crippen molar-refractivity contribution in [3.8, 4) is 5.75 Å². The van der Waals surface area contributed by atoms with Crippen LogP contribution in [0.15, 0.2) is 54.9 Å². The van der Waals surface area contributed by atoms with Crippen molar-refractivity contribution in [2.45, 2.75) is 51.9 Å². The molecule has 0 aliphatic rings. The zero-order valence-electron chi connectivity index (χ0n) is 17.8. The molecule has 1 aromatic carbocycles. The van der Waals surface area contributed by atoms with Gasteiger partial charge in [0.05, 0.1) is 7.11 Å². The molecule has 0 aliphatic heterocycles. The smallest absolute Gasteiger partial charge is 0.209 e. The number of unbranched alkanes of at least 4 members (excludes halogenated alkanes) is 2. The lowest BCUT2D eigenvalue weighted by Crippen LogP contribution is -2.24. The summed E-state index contributed by atoms with van der Waals surface area (Å²) in [7, 11) is 1.69. The van der Waals surface area contributed by atoms with Crippen molar-refractivity contribution in [1.29, 1.82) is 0 Å². The number of carbonyl (C=O) groups excluding carboxylic acids is 1. The Bertz CT molecular complexity index is 726. The van der Waals surface area contributed by atoms with Gasteiger partial charge in [-0.25, -0.2) is 0 Å². The Labute approximate surface area is 175 Å². The summed E-state index contributed by atoms with van der Waals surface area (Å²) in [5, 5.41) is 0. The molecule has 0 aliphatic carbocycles. The van der Waals surface area contributed by atoms with E-state index >= 15 is 0 Å². The Kier molecular flexibility index (Phi) is 10.6. The highest BCUT2D eigenvalue weighted by molar-refractivity contribution is 5.66. The van der Waals surface area contributed by atoms with Gasteiger partial charge in [-0.1, -0.05) is 37.6 Å². The van der Waals surface area contributed by atoms with Crippen LogP contribution in [-0.4, -0.2) is 36.5 Å². The number of benzene rings is 1. The molecule has 2 aromatic rings. The first kappa shape index (κ1) is 22.7. The molecule has 4 nitrogen and oxygen atoms in total. The zero-order valence-corrected chi connectivity index (χ0v) is 17.8. The summed E-state index contributed by atoms with van der Waals surface area (Å²) >= 11 is 0. The third-order valence-electron chi connectivity index (χ3n) is 5.05. The van der Waals surface area contributed by atoms with Crippen molar-refractivity contribution >= 4 is 12.0 Å². The number of hydrogen-bond donors (Lipinski definition) is 0. The van der Waals surface area contributed by atoms with Crippen molar-refractivity contribution in [1.82, 2.24) is 9.88 Å². The number of carbonyl (C=O) groups is 1. The van der Waals surface area contributed by atoms with E-state index in [0.717, 1.165) is 70.2 Å². The fourth-order valence-corrected chi connectivity index (χ4v) is 3.42. The van der Waals surface area contributed by atoms with Gasteiger partial charge in [0.15, 0.2) is 0 Å². The van der Waals surface area contributed by atoms with Crippen LogP contribution in [0, 0.1) is 0 Å². The summed E-state index contributed by atoms with van der Waals surface area (Å²) in [5.41, 5.74) is 3.90. The number of ether oxygens (including phenoxy) is 1. The number of pyridine rings is 1. The minimum Gasteiger partial charge on any atom is -0.497 e. The van der Waals surface area contributed by atoms with Crippen LogP contribution in [-0.2, 0) is 11.2 Å². The highest BCUT2D eigenvalue weighted by atomic mass is 16.5. The molecule has 2 rings (SSSR count). The van der Waals surface area contributed by atoms with E-state index < -0.39 is 0 Å². The zero-order chi connectivity index (χ0) is 20.7. The molecular formula is C25H34N2O2. The van der Waals surface area contributed by atoms with Gasteiger partial charge in [-0.3, -0.25) is 9.78 Å². The monoisotopic (exact) mass is 394 g/mol. The average Bonchev–Trinajstić information content (AvgIpc) is 2.78. The molecule has 0 fully saturated rings. The van der Waals surface area contributed by atoms with Gasteiger partial charge >= 0.3 is 0 Å². The molecule has 0 unspecified atom stereocenters. The average molecular weight is 395 g/mol. The third-order valence-corrected chi connectivity index (χ3v) is 5.05. The number of allylic oxidation sites excluding steroid dienone is 2. The van der Waals surface area contributed by atoms with E-state index in [2.05, 4.69) is 36.2 Å². The molecule has 0 saturated heterocycles. The second kappa shape index (κ2) is 13.5. The summed E-state index contributed by atoms with van der Waals surface area (Å²) in [6.07, 6.45) is 14.3. The molecular weight excluding hydrogens is 360 g/mol. The number of hydrogen-bond acceptors (Lipinski definition) is 3. The van der Waals surface area contributed by atoms with Gasteiger partial charge in [-0.05, 0) is 73.4 Å². The first-order valence-electron chi connectivity index (χ1n) is 10.7. The van der Waals surface area contributed by atoms with Crippen molar-refractivity contribution in [2.24, 2.45) is 0 Å². The molecule has 1 heterocycles. The highest BCUT2D eigenvalue weighted by Crippen LogP contribution is 2.23. The molecule has 29 heavy (non-hydrogen) atoms. The topological polar surface area (TPSA) is 42.4 Å². The number of rotatable bonds is 14. The van der Waals surface area contributed by atoms with Crippen molar-refractivity contribution in [3.63, 3.8) is 0 Å². The summed E-state index contributed by atoms with van der Waals surface area (Å²) < 4.78 is 5.25. The number of methoxy groups -OCH3 is 1. The number of nitrogens with zero attached hydrogens (tertiary/aromatic N) is 2. The maximum absolute atomic E-state index is 11.4. The second-order valence-electron chi connectivity index (χ2n) is 7.31. The maximum Gasteiger partial charge on any atom is 0.209 e. The normalized spacial score (nSPS) is 11.3. The van der Waals surface area contributed by atoms with Crippen LogP contribution in [0.1, 0.15) is 56.6 Å². The summed E-state index contributed by atoms with van der Waals surface area (Å²) in [6, 6.07) is 12.4. The van der Waals surface area contributed by atoms with Gasteiger partial charge in [0.1, 0.15) is 5.75 Å². The Morgan fingerprint density at radius 1 is 1.10 bits per heavy atom. The highest BCUT2D eigenvalue weighted by Gasteiger charge is 2.04. The summed E-state index contributed by atoms with van der Waals surface area (Å²) in [6.45, 7) is 3.85. The Morgan fingerprint density at radius 2 is 1.90 bits per heavy atom. The molecule has 0 spiro atoms. The van der Waals surface area contributed by atoms with E-state index in [1.165, 1.54) is 16.7 Å². The van der Waals surface area contributed by atoms with Crippen molar-refractivity contribution < 1.29 is 9.53 Å². The SMILES string of the molecule is CCCC(=CCCCN(C=O)CCCCc1cccnc1)c1ccc(OC)cc1. The fraction of sp³-hybridized carbons (Fsp3) is 0.440. The van der Waals surface area contributed by atoms with Crippen LogP contribution < -0.4 is 4.74 Å². The largest absolute Gasteiger partial charge is 0.497 e. The van der Waals surface area contributed by atoms with E-state index in [1.54, 1.807) is 13.3 Å². The number of aromatic nitrogens is 1. The number of aryl methyl sites for hydroxylation is 1. The maximum atomic E-state index is 11.4. The summed E-state index contributed by atoms with van der Waals surface area (Å²) in [4.78, 5) is 17.4. The van der Waals surface area contributed by atoms with Gasteiger partial charge < -0.3 is 9.64 Å². The van der Waals surface area contributed by atoms with Crippen molar-refractivity contribution in [2.75, 3.05) is 20.2 Å². The molecule has 0 saturated carbocycles. The predicted octanol–water partition coefficient (Wildman–Crippen LogP) is 5.54. The minimum atomic E-state index is 0.814. The first-order valence-corrected chi connectivity index (χ1v) is 10.7. The van der Waals surface area contributed by atoms with Crippen LogP contribution in [0.3, 0.4) is 0 Å². The third kappa shape index (κ3) is 8.51. The Balaban J connectivity index is 1.73. The van der Waals surface area contributed by atoms with Gasteiger partial charge in [-0.15, -0.1) is 0 Å². The van der Waals surface area contributed by atoms with Gasteiger partial charge in [0.25, 0.3) is 0 Å². The minimum absolute atomic E-state index is 0.814. The molecule has 1 aromatic heterocycles. The van der Waals surface area contributed by atoms with Crippen LogP contribution in [0.5, 0.6) is 5.75 Å². The molecule has 4 heteroatoms. The lowest BCUT2D eigenvalue weighted by atomic mass is 9.99. The second-order valence-corrected chi connectivity index (χ2v) is 7.31. The standard InChI is InChI=1S/C25H34N2O2/c1-3-9-23(24-13-15-25(29-2)16-14-24)12-5-7-19-27(21-28)18-6-4-10-22-11-8-17-26-20-22/h8,11-17,20-21H,3-7,9-10,18-19H2,1-2H3. The molecule has 156 valence electrons. The first-order chi connectivity index (χ1) is 14.3. The van der Waals surface area contributed by atoms with Crippen LogP contribution in [0.4, 0.5) is 0 Å². The lowest BCUT2D eigenvalue weighted by molar-refractivity contribution is -0.118. The molecule has 0 N–H and O–H groups in total. The predicted molar refractivity (Wildman–Crippen MR) is 120 cm³/mol. The van der Waals surface area contributed by atoms with Gasteiger partial charge in [-0.2, -0.15) is 0 Å². The fourth-order valence-electron chi connectivity index (χ4n) is 3.42. The van der Waals surface area contributed by atoms with E-state index in [1.807, 2.05) is 29.3 Å². The van der Waals surface area contributed by atoms with Crippen LogP contribution in [0.25, 0.3) is 5.57 Å².